The van der Waals surface area contributed by atoms with Gasteiger partial charge in [0.1, 0.15) is 0 Å². The number of thiazole rings is 1. The summed E-state index contributed by atoms with van der Waals surface area (Å²) in [7, 11) is 0. The second-order valence-electron chi connectivity index (χ2n) is 13.0. The Morgan fingerprint density at radius 1 is 1.00 bits per heavy atom. The van der Waals surface area contributed by atoms with Gasteiger partial charge in [-0.3, -0.25) is 0 Å². The first kappa shape index (κ1) is 22.2. The number of aromatic nitrogens is 1. The van der Waals surface area contributed by atoms with Crippen molar-refractivity contribution >= 4 is 16.5 Å². The minimum Gasteiger partial charge on any atom is -0.375 e. The summed E-state index contributed by atoms with van der Waals surface area (Å²) >= 11 is 1.78. The fourth-order valence-corrected chi connectivity index (χ4v) is 10.5. The molecule has 4 aliphatic carbocycles. The third-order valence-electron chi connectivity index (χ3n) is 11.0. The highest BCUT2D eigenvalue weighted by Gasteiger charge is 2.60. The molecule has 0 saturated heterocycles. The zero-order valence-corrected chi connectivity index (χ0v) is 21.6. The van der Waals surface area contributed by atoms with Crippen molar-refractivity contribution in [1.82, 2.24) is 4.98 Å². The average Bonchev–Trinajstić information content (AvgIpc) is 3.23. The van der Waals surface area contributed by atoms with Crippen LogP contribution in [0.2, 0.25) is 0 Å². The van der Waals surface area contributed by atoms with Crippen LogP contribution in [-0.4, -0.2) is 4.98 Å². The van der Waals surface area contributed by atoms with Crippen LogP contribution in [0.3, 0.4) is 0 Å². The third kappa shape index (κ3) is 3.60. The maximum atomic E-state index is 6.11. The quantitative estimate of drug-likeness (QED) is 0.506. The van der Waals surface area contributed by atoms with E-state index in [1.807, 2.05) is 0 Å². The number of hydrogen-bond donors (Lipinski definition) is 1. The summed E-state index contributed by atoms with van der Waals surface area (Å²) in [4.78, 5) is 6.22. The Hall–Kier alpha value is -0.570. The SMILES string of the molecule is CC(C)CCCC(C)C1CCC2C3CCC4Cc5nc(N)sc5CC4(C)C3CCC12C. The second kappa shape index (κ2) is 8.03. The molecule has 3 heteroatoms. The van der Waals surface area contributed by atoms with E-state index in [4.69, 9.17) is 10.7 Å². The van der Waals surface area contributed by atoms with Crippen molar-refractivity contribution in [3.8, 4) is 0 Å². The van der Waals surface area contributed by atoms with E-state index < -0.39 is 0 Å². The molecule has 2 nitrogen and oxygen atoms in total. The fourth-order valence-electron chi connectivity index (χ4n) is 9.45. The van der Waals surface area contributed by atoms with Gasteiger partial charge in [-0.1, -0.05) is 53.9 Å². The van der Waals surface area contributed by atoms with E-state index in [2.05, 4.69) is 34.6 Å². The van der Waals surface area contributed by atoms with Crippen LogP contribution in [0.15, 0.2) is 0 Å². The Morgan fingerprint density at radius 3 is 2.55 bits per heavy atom. The van der Waals surface area contributed by atoms with Crippen molar-refractivity contribution in [2.24, 2.45) is 52.3 Å². The molecule has 0 aliphatic heterocycles. The lowest BCUT2D eigenvalue weighted by Crippen LogP contribution is -2.54. The van der Waals surface area contributed by atoms with Crippen molar-refractivity contribution in [3.05, 3.63) is 10.6 Å². The second-order valence-corrected chi connectivity index (χ2v) is 14.1. The summed E-state index contributed by atoms with van der Waals surface area (Å²) in [5.74, 6) is 6.45. The molecule has 3 fully saturated rings. The van der Waals surface area contributed by atoms with Crippen molar-refractivity contribution < 1.29 is 0 Å². The van der Waals surface area contributed by atoms with Crippen LogP contribution in [-0.2, 0) is 12.8 Å². The molecule has 1 aromatic rings. The molecule has 8 unspecified atom stereocenters. The number of rotatable bonds is 5. The average molecular weight is 443 g/mol. The smallest absolute Gasteiger partial charge is 0.180 e. The van der Waals surface area contributed by atoms with Crippen molar-refractivity contribution in [2.45, 2.75) is 105 Å². The van der Waals surface area contributed by atoms with E-state index in [0.29, 0.717) is 10.8 Å². The molecule has 174 valence electrons. The minimum atomic E-state index is 0.483. The molecule has 3 saturated carbocycles. The van der Waals surface area contributed by atoms with Gasteiger partial charge in [0.05, 0.1) is 5.69 Å². The molecule has 0 amide bonds. The largest absolute Gasteiger partial charge is 0.375 e. The molecule has 0 spiro atoms. The lowest BCUT2D eigenvalue weighted by atomic mass is 9.45. The van der Waals surface area contributed by atoms with Crippen molar-refractivity contribution in [1.29, 1.82) is 0 Å². The third-order valence-corrected chi connectivity index (χ3v) is 12.0. The first-order chi connectivity index (χ1) is 14.7. The van der Waals surface area contributed by atoms with Gasteiger partial charge in [0.25, 0.3) is 0 Å². The number of hydrogen-bond acceptors (Lipinski definition) is 3. The summed E-state index contributed by atoms with van der Waals surface area (Å²) in [6.45, 7) is 12.7. The monoisotopic (exact) mass is 442 g/mol. The first-order valence-corrected chi connectivity index (χ1v) is 14.3. The van der Waals surface area contributed by atoms with E-state index in [0.717, 1.165) is 46.6 Å². The number of anilines is 1. The van der Waals surface area contributed by atoms with Crippen molar-refractivity contribution in [3.63, 3.8) is 0 Å². The molecular weight excluding hydrogens is 396 g/mol. The summed E-state index contributed by atoms with van der Waals surface area (Å²) in [6, 6.07) is 0. The van der Waals surface area contributed by atoms with Crippen LogP contribution in [0, 0.1) is 52.3 Å². The number of nitrogens with zero attached hydrogens (tertiary/aromatic N) is 1. The Labute approximate surface area is 195 Å². The van der Waals surface area contributed by atoms with E-state index in [1.165, 1.54) is 81.2 Å². The Balaban J connectivity index is 1.33. The maximum Gasteiger partial charge on any atom is 0.180 e. The van der Waals surface area contributed by atoms with E-state index in [-0.39, 0.29) is 0 Å². The Kier molecular flexibility index (Phi) is 5.76. The molecule has 0 aromatic carbocycles. The normalized spacial score (nSPS) is 42.6. The van der Waals surface area contributed by atoms with Crippen LogP contribution in [0.25, 0.3) is 0 Å². The lowest BCUT2D eigenvalue weighted by Gasteiger charge is -2.60. The van der Waals surface area contributed by atoms with Gasteiger partial charge < -0.3 is 5.73 Å². The molecule has 1 heterocycles. The number of fused-ring (bicyclic) bond motifs is 6. The van der Waals surface area contributed by atoms with Crippen LogP contribution < -0.4 is 5.73 Å². The number of nitrogen functional groups attached to an aromatic ring is 1. The van der Waals surface area contributed by atoms with Crippen LogP contribution in [0.4, 0.5) is 5.13 Å². The highest BCUT2D eigenvalue weighted by atomic mass is 32.1. The predicted molar refractivity (Wildman–Crippen MR) is 133 cm³/mol. The highest BCUT2D eigenvalue weighted by Crippen LogP contribution is 2.68. The molecule has 31 heavy (non-hydrogen) atoms. The molecular formula is C28H46N2S. The van der Waals surface area contributed by atoms with Gasteiger partial charge in [-0.05, 0) is 104 Å². The summed E-state index contributed by atoms with van der Waals surface area (Å²) in [5, 5.41) is 0.796. The molecule has 1 aromatic heterocycles. The minimum absolute atomic E-state index is 0.483. The van der Waals surface area contributed by atoms with Crippen LogP contribution in [0.1, 0.15) is 103 Å². The predicted octanol–water partition coefficient (Wildman–Crippen LogP) is 7.76. The van der Waals surface area contributed by atoms with Gasteiger partial charge in [-0.25, -0.2) is 4.98 Å². The first-order valence-electron chi connectivity index (χ1n) is 13.5. The molecule has 5 rings (SSSR count). The van der Waals surface area contributed by atoms with E-state index in [9.17, 15) is 0 Å². The summed E-state index contributed by atoms with van der Waals surface area (Å²) < 4.78 is 0. The van der Waals surface area contributed by atoms with Crippen molar-refractivity contribution in [2.75, 3.05) is 5.73 Å². The molecule has 2 N–H and O–H groups in total. The topological polar surface area (TPSA) is 38.9 Å². The lowest BCUT2D eigenvalue weighted by molar-refractivity contribution is -0.103. The fraction of sp³-hybridized carbons (Fsp3) is 0.893. The zero-order valence-electron chi connectivity index (χ0n) is 20.8. The Morgan fingerprint density at radius 2 is 1.77 bits per heavy atom. The van der Waals surface area contributed by atoms with Gasteiger partial charge in [-0.2, -0.15) is 0 Å². The van der Waals surface area contributed by atoms with Crippen LogP contribution in [0.5, 0.6) is 0 Å². The number of nitrogens with two attached hydrogens (primary N) is 1. The standard InChI is InChI=1S/C28H46N2S/c1-17(2)7-6-8-18(3)21-11-12-22-20-10-9-19-15-24-25(31-26(29)30-24)16-28(19,5)23(20)13-14-27(21,22)4/h17-23H,6-16H2,1-5H3,(H2,29,30). The maximum absolute atomic E-state index is 6.11. The van der Waals surface area contributed by atoms with Crippen LogP contribution >= 0.6 is 11.3 Å². The highest BCUT2D eigenvalue weighted by molar-refractivity contribution is 7.15. The van der Waals surface area contributed by atoms with Gasteiger partial charge in [0, 0.05) is 4.88 Å². The zero-order chi connectivity index (χ0) is 22.0. The molecule has 8 atom stereocenters. The molecule has 0 bridgehead atoms. The Bertz CT molecular complexity index is 799. The van der Waals surface area contributed by atoms with E-state index in [1.54, 1.807) is 11.3 Å². The summed E-state index contributed by atoms with van der Waals surface area (Å²) in [6.07, 6.45) is 15.6. The molecule has 0 radical (unpaired) electrons. The summed E-state index contributed by atoms with van der Waals surface area (Å²) in [5.41, 5.74) is 8.55. The van der Waals surface area contributed by atoms with Gasteiger partial charge in [-0.15, -0.1) is 11.3 Å². The van der Waals surface area contributed by atoms with Gasteiger partial charge >= 0.3 is 0 Å². The van der Waals surface area contributed by atoms with E-state index >= 15 is 0 Å². The van der Waals surface area contributed by atoms with Gasteiger partial charge in [0.15, 0.2) is 5.13 Å². The molecule has 4 aliphatic rings. The van der Waals surface area contributed by atoms with Gasteiger partial charge in [0.2, 0.25) is 0 Å².